The molecule has 0 heterocycles. The number of nitriles is 1. The Balaban J connectivity index is 2.22. The summed E-state index contributed by atoms with van der Waals surface area (Å²) in [4.78, 5) is 12.2. The van der Waals surface area contributed by atoms with Crippen molar-refractivity contribution in [1.29, 1.82) is 5.26 Å². The fourth-order valence-corrected chi connectivity index (χ4v) is 1.83. The van der Waals surface area contributed by atoms with Gasteiger partial charge in [0.05, 0.1) is 11.3 Å². The van der Waals surface area contributed by atoms with Crippen molar-refractivity contribution in [3.8, 4) is 17.6 Å². The summed E-state index contributed by atoms with van der Waals surface area (Å²) in [6.45, 7) is 1.72. The molecule has 106 valence electrons. The number of hydrogen-bond donors (Lipinski definition) is 2. The van der Waals surface area contributed by atoms with Gasteiger partial charge in [-0.1, -0.05) is 18.2 Å². The molecular formula is C16H14N2O3. The average molecular weight is 282 g/mol. The van der Waals surface area contributed by atoms with Crippen LogP contribution < -0.4 is 10.1 Å². The zero-order valence-electron chi connectivity index (χ0n) is 11.5. The first-order valence-corrected chi connectivity index (χ1v) is 6.31. The molecule has 2 rings (SSSR count). The molecule has 0 fully saturated rings. The van der Waals surface area contributed by atoms with E-state index >= 15 is 0 Å². The lowest BCUT2D eigenvalue weighted by molar-refractivity contribution is 0.102. The second-order valence-electron chi connectivity index (χ2n) is 4.42. The number of ether oxygens (including phenoxy) is 1. The number of hydrogen-bond acceptors (Lipinski definition) is 4. The molecule has 2 aromatic carbocycles. The molecule has 0 atom stereocenters. The van der Waals surface area contributed by atoms with Crippen LogP contribution in [0.4, 0.5) is 5.69 Å². The summed E-state index contributed by atoms with van der Waals surface area (Å²) in [7, 11) is 0. The van der Waals surface area contributed by atoms with E-state index in [2.05, 4.69) is 5.32 Å². The highest BCUT2D eigenvalue weighted by atomic mass is 16.5. The molecule has 5 nitrogen and oxygen atoms in total. The van der Waals surface area contributed by atoms with Crippen LogP contribution in [0.5, 0.6) is 11.5 Å². The number of para-hydroxylation sites is 2. The number of carbonyl (C=O) groups excluding carboxylic acids is 1. The summed E-state index contributed by atoms with van der Waals surface area (Å²) in [6.07, 6.45) is 0. The number of benzene rings is 2. The lowest BCUT2D eigenvalue weighted by Crippen LogP contribution is -2.13. The third-order valence-corrected chi connectivity index (χ3v) is 2.83. The first-order chi connectivity index (χ1) is 10.1. The summed E-state index contributed by atoms with van der Waals surface area (Å²) in [5.41, 5.74) is 1.48. The Morgan fingerprint density at radius 3 is 2.81 bits per heavy atom. The molecule has 0 radical (unpaired) electrons. The molecule has 1 amide bonds. The van der Waals surface area contributed by atoms with Crippen molar-refractivity contribution < 1.29 is 14.6 Å². The van der Waals surface area contributed by atoms with Crippen molar-refractivity contribution in [2.75, 3.05) is 11.9 Å². The highest BCUT2D eigenvalue weighted by Crippen LogP contribution is 2.26. The highest BCUT2D eigenvalue weighted by molar-refractivity contribution is 6.06. The Morgan fingerprint density at radius 2 is 2.10 bits per heavy atom. The summed E-state index contributed by atoms with van der Waals surface area (Å²) < 4.78 is 5.23. The van der Waals surface area contributed by atoms with Crippen LogP contribution in [0.25, 0.3) is 0 Å². The molecule has 2 aromatic rings. The lowest BCUT2D eigenvalue weighted by Gasteiger charge is -2.11. The molecule has 0 saturated carbocycles. The van der Waals surface area contributed by atoms with Crippen molar-refractivity contribution in [2.24, 2.45) is 0 Å². The second kappa shape index (κ2) is 6.44. The largest absolute Gasteiger partial charge is 0.507 e. The van der Waals surface area contributed by atoms with Crippen LogP contribution in [0.15, 0.2) is 42.5 Å². The molecule has 0 aliphatic carbocycles. The zero-order chi connectivity index (χ0) is 15.2. The number of carbonyl (C=O) groups is 1. The normalized spacial score (nSPS) is 9.71. The monoisotopic (exact) mass is 282 g/mol. The molecule has 0 aliphatic rings. The van der Waals surface area contributed by atoms with Crippen LogP contribution in [0.1, 0.15) is 15.9 Å². The number of aryl methyl sites for hydroxylation is 1. The first kappa shape index (κ1) is 14.4. The van der Waals surface area contributed by atoms with Gasteiger partial charge in [-0.3, -0.25) is 4.79 Å². The third-order valence-electron chi connectivity index (χ3n) is 2.83. The number of anilines is 1. The topological polar surface area (TPSA) is 82.3 Å². The minimum Gasteiger partial charge on any atom is -0.507 e. The predicted octanol–water partition coefficient (Wildman–Crippen LogP) is 2.86. The molecule has 0 aromatic heterocycles. The van der Waals surface area contributed by atoms with Crippen molar-refractivity contribution in [3.05, 3.63) is 53.6 Å². The van der Waals surface area contributed by atoms with Gasteiger partial charge in [0.1, 0.15) is 17.6 Å². The standard InChI is InChI=1S/C16H14N2O3/c1-11-6-7-12(14(19)10-11)16(20)18-13-4-2-3-5-15(13)21-9-8-17/h2-7,10,19H,9H2,1H3,(H,18,20). The predicted molar refractivity (Wildman–Crippen MR) is 78.3 cm³/mol. The van der Waals surface area contributed by atoms with Crippen LogP contribution in [0.3, 0.4) is 0 Å². The van der Waals surface area contributed by atoms with E-state index in [9.17, 15) is 9.90 Å². The van der Waals surface area contributed by atoms with Gasteiger partial charge >= 0.3 is 0 Å². The van der Waals surface area contributed by atoms with Gasteiger partial charge in [0.15, 0.2) is 6.61 Å². The average Bonchev–Trinajstić information content (AvgIpc) is 2.46. The number of amides is 1. The number of nitrogens with one attached hydrogen (secondary N) is 1. The SMILES string of the molecule is Cc1ccc(C(=O)Nc2ccccc2OCC#N)c(O)c1. The number of rotatable bonds is 4. The van der Waals surface area contributed by atoms with Gasteiger partial charge in [-0.2, -0.15) is 5.26 Å². The van der Waals surface area contributed by atoms with Gasteiger partial charge < -0.3 is 15.2 Å². The van der Waals surface area contributed by atoms with Crippen molar-refractivity contribution >= 4 is 11.6 Å². The second-order valence-corrected chi connectivity index (χ2v) is 4.42. The highest BCUT2D eigenvalue weighted by Gasteiger charge is 2.13. The van der Waals surface area contributed by atoms with Crippen LogP contribution in [-0.2, 0) is 0 Å². The summed E-state index contributed by atoms with van der Waals surface area (Å²) in [6, 6.07) is 13.5. The van der Waals surface area contributed by atoms with E-state index in [-0.39, 0.29) is 17.9 Å². The molecule has 0 aliphatic heterocycles. The fraction of sp³-hybridized carbons (Fsp3) is 0.125. The maximum Gasteiger partial charge on any atom is 0.259 e. The van der Waals surface area contributed by atoms with Gasteiger partial charge in [0.25, 0.3) is 5.91 Å². The first-order valence-electron chi connectivity index (χ1n) is 6.31. The number of nitrogens with zero attached hydrogens (tertiary/aromatic N) is 1. The van der Waals surface area contributed by atoms with Crippen LogP contribution in [0, 0.1) is 18.3 Å². The molecule has 0 bridgehead atoms. The Morgan fingerprint density at radius 1 is 1.33 bits per heavy atom. The van der Waals surface area contributed by atoms with Crippen LogP contribution in [-0.4, -0.2) is 17.6 Å². The van der Waals surface area contributed by atoms with Crippen LogP contribution in [0.2, 0.25) is 0 Å². The maximum atomic E-state index is 12.2. The van der Waals surface area contributed by atoms with E-state index < -0.39 is 5.91 Å². The van der Waals surface area contributed by atoms with Crippen LogP contribution >= 0.6 is 0 Å². The number of aromatic hydroxyl groups is 1. The Kier molecular flexibility index (Phi) is 4.42. The number of phenols is 1. The van der Waals surface area contributed by atoms with Gasteiger partial charge in [-0.15, -0.1) is 0 Å². The van der Waals surface area contributed by atoms with Gasteiger partial charge in [0, 0.05) is 0 Å². The zero-order valence-corrected chi connectivity index (χ0v) is 11.5. The van der Waals surface area contributed by atoms with Crippen molar-refractivity contribution in [3.63, 3.8) is 0 Å². The third kappa shape index (κ3) is 3.51. The van der Waals surface area contributed by atoms with Gasteiger partial charge in [-0.25, -0.2) is 0 Å². The van der Waals surface area contributed by atoms with Gasteiger partial charge in [0.2, 0.25) is 0 Å². The summed E-state index contributed by atoms with van der Waals surface area (Å²) >= 11 is 0. The smallest absolute Gasteiger partial charge is 0.259 e. The summed E-state index contributed by atoms with van der Waals surface area (Å²) in [5, 5.41) is 21.0. The van der Waals surface area contributed by atoms with E-state index in [1.165, 1.54) is 6.07 Å². The molecular weight excluding hydrogens is 268 g/mol. The molecule has 0 saturated heterocycles. The van der Waals surface area contributed by atoms with E-state index in [0.29, 0.717) is 11.4 Å². The lowest BCUT2D eigenvalue weighted by atomic mass is 10.1. The quantitative estimate of drug-likeness (QED) is 0.903. The maximum absolute atomic E-state index is 12.2. The van der Waals surface area contributed by atoms with Gasteiger partial charge in [-0.05, 0) is 36.8 Å². The van der Waals surface area contributed by atoms with Crippen molar-refractivity contribution in [1.82, 2.24) is 0 Å². The molecule has 0 unspecified atom stereocenters. The minimum absolute atomic E-state index is 0.0806. The molecule has 5 heteroatoms. The number of phenolic OH excluding ortho intramolecular Hbond substituents is 1. The Labute approximate surface area is 122 Å². The van der Waals surface area contributed by atoms with E-state index in [1.807, 2.05) is 13.0 Å². The van der Waals surface area contributed by atoms with E-state index in [1.54, 1.807) is 36.4 Å². The Bertz CT molecular complexity index is 705. The molecule has 21 heavy (non-hydrogen) atoms. The summed E-state index contributed by atoms with van der Waals surface area (Å²) in [5.74, 6) is -0.123. The fourth-order valence-electron chi connectivity index (χ4n) is 1.83. The van der Waals surface area contributed by atoms with Crippen molar-refractivity contribution in [2.45, 2.75) is 6.92 Å². The van der Waals surface area contributed by atoms with E-state index in [4.69, 9.17) is 10.00 Å². The molecule has 2 N–H and O–H groups in total. The molecule has 0 spiro atoms. The Hall–Kier alpha value is -3.00. The minimum atomic E-state index is -0.444. The van der Waals surface area contributed by atoms with E-state index in [0.717, 1.165) is 5.56 Å².